The van der Waals surface area contributed by atoms with E-state index >= 15 is 0 Å². The standard InChI is InChI=1S/C27H30N8O2Se/c1-27(2,3)37-26(36)34(12-19-5-4-6-19)14-20-7-8-25-30-22(15-33(25)13-20)16-35-17-24(31-32-35)21-9-23(38-18-28)11-29-10-21/h7-11,13,15,17,19H,4-6,12,14,16H2,1-3H3. The van der Waals surface area contributed by atoms with Gasteiger partial charge in [0, 0.05) is 6.54 Å². The summed E-state index contributed by atoms with van der Waals surface area (Å²) in [6.07, 6.45) is 12.6. The molecule has 4 aromatic heterocycles. The molecule has 5 rings (SSSR count). The van der Waals surface area contributed by atoms with E-state index in [1.807, 2.05) is 66.9 Å². The maximum Gasteiger partial charge on any atom is 0.0270 e. The first-order valence-corrected chi connectivity index (χ1v) is 14.3. The van der Waals surface area contributed by atoms with Crippen molar-refractivity contribution in [1.29, 1.82) is 5.26 Å². The minimum atomic E-state index is -0.532. The van der Waals surface area contributed by atoms with Gasteiger partial charge < -0.3 is 9.64 Å². The molecule has 4 aromatic rings. The largest absolute Gasteiger partial charge is 0.0526 e. The second kappa shape index (κ2) is 10.9. The Labute approximate surface area is 227 Å². The monoisotopic (exact) mass is 578 g/mol. The second-order valence-electron chi connectivity index (χ2n) is 10.6. The number of hydrogen-bond acceptors (Lipinski definition) is 7. The molecule has 0 saturated heterocycles. The average molecular weight is 578 g/mol. The van der Waals surface area contributed by atoms with E-state index in [4.69, 9.17) is 15.0 Å². The average Bonchev–Trinajstić information content (AvgIpc) is 3.46. The molecule has 196 valence electrons. The quantitative estimate of drug-likeness (QED) is 0.295. The number of nitrogens with zero attached hydrogens (tertiary/aromatic N) is 8. The van der Waals surface area contributed by atoms with Crippen LogP contribution in [0.3, 0.4) is 0 Å². The summed E-state index contributed by atoms with van der Waals surface area (Å²) in [5.74, 6) is 0.546. The molecule has 4 heterocycles. The van der Waals surface area contributed by atoms with E-state index in [1.54, 1.807) is 17.1 Å². The second-order valence-corrected chi connectivity index (χ2v) is 12.4. The topological polar surface area (TPSA) is 114 Å². The van der Waals surface area contributed by atoms with Crippen LogP contribution in [0.1, 0.15) is 51.3 Å². The van der Waals surface area contributed by atoms with Crippen LogP contribution in [0.2, 0.25) is 0 Å². The number of imidazole rings is 1. The summed E-state index contributed by atoms with van der Waals surface area (Å²) in [4.78, 5) is 25.9. The van der Waals surface area contributed by atoms with E-state index in [-0.39, 0.29) is 21.1 Å². The number of hydrogen-bond donors (Lipinski definition) is 0. The number of carbonyl (C=O) groups excluding carboxylic acids is 1. The molecule has 0 aromatic carbocycles. The normalized spacial score (nSPS) is 13.7. The SMILES string of the molecule is CC(C)(C)OC(=O)N(Cc1ccc2nc(Cn3cc(-c4cncc([Se]C#N)c4)nn3)cn2c1)CC1CCC1. The van der Waals surface area contributed by atoms with E-state index in [2.05, 4.69) is 20.3 Å². The van der Waals surface area contributed by atoms with Gasteiger partial charge in [0.2, 0.25) is 0 Å². The maximum absolute atomic E-state index is 12.9. The fraction of sp³-hybridized carbons (Fsp3) is 0.407. The zero-order chi connectivity index (χ0) is 26.7. The number of aromatic nitrogens is 6. The number of pyridine rings is 2. The number of fused-ring (bicyclic) bond motifs is 1. The van der Waals surface area contributed by atoms with Crippen LogP contribution in [0, 0.1) is 16.1 Å². The molecule has 10 nitrogen and oxygen atoms in total. The first kappa shape index (κ1) is 25.9. The predicted molar refractivity (Wildman–Crippen MR) is 143 cm³/mol. The van der Waals surface area contributed by atoms with Crippen molar-refractivity contribution in [3.05, 3.63) is 60.4 Å². The zero-order valence-electron chi connectivity index (χ0n) is 21.7. The summed E-state index contributed by atoms with van der Waals surface area (Å²) in [5.41, 5.74) is 3.69. The fourth-order valence-corrected chi connectivity index (χ4v) is 5.19. The van der Waals surface area contributed by atoms with Gasteiger partial charge in [0.15, 0.2) is 0 Å². The van der Waals surface area contributed by atoms with Gasteiger partial charge in [-0.2, -0.15) is 0 Å². The van der Waals surface area contributed by atoms with E-state index in [1.165, 1.54) is 6.42 Å². The Hall–Kier alpha value is -3.74. The minimum Gasteiger partial charge on any atom is -0.0526 e. The van der Waals surface area contributed by atoms with Crippen molar-refractivity contribution in [1.82, 2.24) is 34.3 Å². The van der Waals surface area contributed by atoms with Gasteiger partial charge in [-0.3, -0.25) is 0 Å². The van der Waals surface area contributed by atoms with Crippen molar-refractivity contribution >= 4 is 31.2 Å². The zero-order valence-corrected chi connectivity index (χ0v) is 23.5. The van der Waals surface area contributed by atoms with Gasteiger partial charge in [-0.05, 0) is 39.5 Å². The third-order valence-electron chi connectivity index (χ3n) is 6.33. The summed E-state index contributed by atoms with van der Waals surface area (Å²) in [6.45, 7) is 7.35. The Morgan fingerprint density at radius 2 is 2.08 bits per heavy atom. The fourth-order valence-electron chi connectivity index (χ4n) is 4.34. The molecule has 0 radical (unpaired) electrons. The van der Waals surface area contributed by atoms with Crippen molar-refractivity contribution in [2.75, 3.05) is 6.54 Å². The summed E-state index contributed by atoms with van der Waals surface area (Å²) < 4.78 is 10.3. The number of carbonyl (C=O) groups is 1. The Morgan fingerprint density at radius 1 is 1.24 bits per heavy atom. The third-order valence-corrected chi connectivity index (χ3v) is 7.48. The molecule has 38 heavy (non-hydrogen) atoms. The van der Waals surface area contributed by atoms with E-state index in [9.17, 15) is 4.79 Å². The molecular weight excluding hydrogens is 547 g/mol. The van der Waals surface area contributed by atoms with Crippen LogP contribution < -0.4 is 4.46 Å². The number of rotatable bonds is 8. The molecule has 0 spiro atoms. The number of nitriles is 1. The van der Waals surface area contributed by atoms with Crippen LogP contribution in [-0.2, 0) is 17.8 Å². The Bertz CT molecular complexity index is 1480. The van der Waals surface area contributed by atoms with Gasteiger partial charge in [-0.15, -0.1) is 0 Å². The molecular formula is C27H30N8O2Se. The van der Waals surface area contributed by atoms with Gasteiger partial charge >= 0.3 is 149 Å². The van der Waals surface area contributed by atoms with Crippen molar-refractivity contribution in [3.63, 3.8) is 0 Å². The van der Waals surface area contributed by atoms with E-state index in [0.29, 0.717) is 31.2 Å². The van der Waals surface area contributed by atoms with Crippen LogP contribution >= 0.6 is 0 Å². The molecule has 0 atom stereocenters. The van der Waals surface area contributed by atoms with Crippen LogP contribution in [0.15, 0.2) is 49.2 Å². The van der Waals surface area contributed by atoms with Crippen molar-refractivity contribution < 1.29 is 9.53 Å². The smallest absolute Gasteiger partial charge is 0.0270 e. The van der Waals surface area contributed by atoms with Gasteiger partial charge in [-0.25, -0.2) is 4.79 Å². The van der Waals surface area contributed by atoms with E-state index < -0.39 is 5.60 Å². The van der Waals surface area contributed by atoms with Crippen molar-refractivity contribution in [2.45, 2.75) is 58.7 Å². The summed E-state index contributed by atoms with van der Waals surface area (Å²) in [7, 11) is 0. The van der Waals surface area contributed by atoms with Crippen LogP contribution in [-0.4, -0.2) is 67.5 Å². The number of amides is 1. The molecule has 0 unspecified atom stereocenters. The Kier molecular flexibility index (Phi) is 7.45. The molecule has 0 bridgehead atoms. The molecule has 0 N–H and O–H groups in total. The first-order valence-electron chi connectivity index (χ1n) is 12.6. The Balaban J connectivity index is 1.29. The summed E-state index contributed by atoms with van der Waals surface area (Å²) in [5, 5.41) is 17.5. The minimum absolute atomic E-state index is 0.268. The molecule has 1 amide bonds. The van der Waals surface area contributed by atoms with Gasteiger partial charge in [-0.1, -0.05) is 6.42 Å². The molecule has 1 aliphatic rings. The van der Waals surface area contributed by atoms with Crippen LogP contribution in [0.5, 0.6) is 0 Å². The third kappa shape index (κ3) is 6.39. The van der Waals surface area contributed by atoms with Gasteiger partial charge in [0.1, 0.15) is 5.60 Å². The summed E-state index contributed by atoms with van der Waals surface area (Å²) in [6, 6.07) is 5.92. The van der Waals surface area contributed by atoms with E-state index in [0.717, 1.165) is 39.8 Å². The first-order chi connectivity index (χ1) is 18.3. The van der Waals surface area contributed by atoms with Gasteiger partial charge in [0.05, 0.1) is 6.54 Å². The maximum atomic E-state index is 12.9. The molecule has 1 fully saturated rings. The van der Waals surface area contributed by atoms with Crippen LogP contribution in [0.25, 0.3) is 16.9 Å². The molecule has 0 aliphatic heterocycles. The Morgan fingerprint density at radius 3 is 2.82 bits per heavy atom. The van der Waals surface area contributed by atoms with Crippen LogP contribution in [0.4, 0.5) is 4.79 Å². The molecule has 11 heteroatoms. The van der Waals surface area contributed by atoms with Crippen molar-refractivity contribution in [2.24, 2.45) is 5.92 Å². The molecule has 1 aliphatic carbocycles. The summed E-state index contributed by atoms with van der Waals surface area (Å²) >= 11 is -0.268. The predicted octanol–water partition coefficient (Wildman–Crippen LogP) is 3.38. The molecule has 1 saturated carbocycles. The van der Waals surface area contributed by atoms with Gasteiger partial charge in [0.25, 0.3) is 0 Å². The number of ether oxygens (including phenoxy) is 1. The van der Waals surface area contributed by atoms with Crippen molar-refractivity contribution in [3.8, 4) is 16.2 Å².